The van der Waals surface area contributed by atoms with E-state index in [0.717, 1.165) is 57.1 Å². The Morgan fingerprint density at radius 3 is 2.86 bits per heavy atom. The van der Waals surface area contributed by atoms with Crippen molar-refractivity contribution in [1.82, 2.24) is 10.3 Å². The molecule has 4 heteroatoms. The number of aromatic nitrogens is 1. The quantitative estimate of drug-likeness (QED) is 0.618. The second-order valence-electron chi connectivity index (χ2n) is 5.58. The van der Waals surface area contributed by atoms with Gasteiger partial charge in [0.2, 0.25) is 0 Å². The highest BCUT2D eigenvalue weighted by Crippen LogP contribution is 2.19. The van der Waals surface area contributed by atoms with Crippen LogP contribution in [0.4, 0.5) is 5.82 Å². The first-order valence-electron chi connectivity index (χ1n) is 7.83. The summed E-state index contributed by atoms with van der Waals surface area (Å²) in [6, 6.07) is 4.35. The number of rotatable bonds is 7. The molecule has 116 valence electrons. The molecule has 0 atom stereocenters. The van der Waals surface area contributed by atoms with Gasteiger partial charge in [-0.3, -0.25) is 0 Å². The van der Waals surface area contributed by atoms with Crippen molar-refractivity contribution >= 4 is 5.82 Å². The molecule has 1 aromatic heterocycles. The number of methoxy groups -OCH3 is 1. The molecule has 1 aromatic rings. The van der Waals surface area contributed by atoms with Crippen LogP contribution in [0.5, 0.6) is 0 Å². The molecule has 2 rings (SSSR count). The molecule has 0 bridgehead atoms. The Bertz CT molecular complexity index is 485. The van der Waals surface area contributed by atoms with Crippen molar-refractivity contribution in [3.8, 4) is 0 Å². The average Bonchev–Trinajstić information content (AvgIpc) is 2.50. The van der Waals surface area contributed by atoms with E-state index in [4.69, 9.17) is 9.72 Å². The van der Waals surface area contributed by atoms with E-state index in [-0.39, 0.29) is 0 Å². The lowest BCUT2D eigenvalue weighted by atomic mass is 10.1. The lowest BCUT2D eigenvalue weighted by molar-refractivity contribution is 0.222. The predicted molar refractivity (Wildman–Crippen MR) is 87.8 cm³/mol. The molecule has 21 heavy (non-hydrogen) atoms. The van der Waals surface area contributed by atoms with Crippen molar-refractivity contribution in [2.24, 2.45) is 0 Å². The van der Waals surface area contributed by atoms with E-state index in [1.807, 2.05) is 0 Å². The molecule has 0 fully saturated rings. The third-order valence-corrected chi connectivity index (χ3v) is 3.88. The fraction of sp³-hybridized carbons (Fsp3) is 0.588. The largest absolute Gasteiger partial charge is 0.380 e. The maximum absolute atomic E-state index is 5.19. The summed E-state index contributed by atoms with van der Waals surface area (Å²) < 4.78 is 5.19. The molecule has 4 nitrogen and oxygen atoms in total. The van der Waals surface area contributed by atoms with Crippen molar-refractivity contribution < 1.29 is 4.74 Å². The summed E-state index contributed by atoms with van der Waals surface area (Å²) in [6.07, 6.45) is 4.49. The summed E-state index contributed by atoms with van der Waals surface area (Å²) >= 11 is 0. The van der Waals surface area contributed by atoms with Gasteiger partial charge in [0.1, 0.15) is 5.82 Å². The van der Waals surface area contributed by atoms with Gasteiger partial charge in [0.15, 0.2) is 0 Å². The summed E-state index contributed by atoms with van der Waals surface area (Å²) in [5.74, 6) is 1.08. The number of hydrogen-bond donors (Lipinski definition) is 1. The van der Waals surface area contributed by atoms with Gasteiger partial charge in [0.05, 0.1) is 6.61 Å². The topological polar surface area (TPSA) is 37.4 Å². The highest BCUT2D eigenvalue weighted by atomic mass is 16.5. The smallest absolute Gasteiger partial charge is 0.129 e. The van der Waals surface area contributed by atoms with Gasteiger partial charge in [-0.15, -0.1) is 0 Å². The van der Waals surface area contributed by atoms with Crippen LogP contribution >= 0.6 is 0 Å². The van der Waals surface area contributed by atoms with Gasteiger partial charge in [-0.2, -0.15) is 0 Å². The Morgan fingerprint density at radius 2 is 2.24 bits per heavy atom. The van der Waals surface area contributed by atoms with Crippen molar-refractivity contribution in [3.63, 3.8) is 0 Å². The minimum Gasteiger partial charge on any atom is -0.380 e. The summed E-state index contributed by atoms with van der Waals surface area (Å²) in [4.78, 5) is 7.10. The van der Waals surface area contributed by atoms with E-state index < -0.39 is 0 Å². The van der Waals surface area contributed by atoms with E-state index in [0.29, 0.717) is 0 Å². The second-order valence-corrected chi connectivity index (χ2v) is 5.58. The SMILES string of the molecule is CCCNCc1ccc(N2CC=C(COC)CC2)nc1C. The maximum Gasteiger partial charge on any atom is 0.129 e. The number of pyridine rings is 1. The van der Waals surface area contributed by atoms with Crippen molar-refractivity contribution in [3.05, 3.63) is 35.0 Å². The Kier molecular flexibility index (Phi) is 6.21. The zero-order valence-electron chi connectivity index (χ0n) is 13.5. The average molecular weight is 289 g/mol. The van der Waals surface area contributed by atoms with Crippen molar-refractivity contribution in [2.45, 2.75) is 33.2 Å². The van der Waals surface area contributed by atoms with Crippen molar-refractivity contribution in [1.29, 1.82) is 0 Å². The third kappa shape index (κ3) is 4.55. The molecule has 0 amide bonds. The minimum absolute atomic E-state index is 0.752. The van der Waals surface area contributed by atoms with E-state index in [9.17, 15) is 0 Å². The monoisotopic (exact) mass is 289 g/mol. The Balaban J connectivity index is 1.97. The summed E-state index contributed by atoms with van der Waals surface area (Å²) in [5.41, 5.74) is 3.81. The van der Waals surface area contributed by atoms with Gasteiger partial charge >= 0.3 is 0 Å². The fourth-order valence-corrected chi connectivity index (χ4v) is 2.58. The van der Waals surface area contributed by atoms with Crippen LogP contribution in [-0.2, 0) is 11.3 Å². The van der Waals surface area contributed by atoms with E-state index in [1.165, 1.54) is 11.1 Å². The molecule has 2 heterocycles. The van der Waals surface area contributed by atoms with Crippen LogP contribution in [0.2, 0.25) is 0 Å². The Hall–Kier alpha value is -1.39. The zero-order valence-corrected chi connectivity index (χ0v) is 13.5. The summed E-state index contributed by atoms with van der Waals surface area (Å²) in [6.45, 7) is 8.95. The van der Waals surface area contributed by atoms with E-state index >= 15 is 0 Å². The van der Waals surface area contributed by atoms with Crippen molar-refractivity contribution in [2.75, 3.05) is 38.3 Å². The highest BCUT2D eigenvalue weighted by Gasteiger charge is 2.14. The summed E-state index contributed by atoms with van der Waals surface area (Å²) in [5, 5.41) is 3.43. The number of nitrogens with one attached hydrogen (secondary N) is 1. The number of nitrogens with zero attached hydrogens (tertiary/aromatic N) is 2. The first-order valence-corrected chi connectivity index (χ1v) is 7.83. The van der Waals surface area contributed by atoms with Gasteiger partial charge in [0.25, 0.3) is 0 Å². The Morgan fingerprint density at radius 1 is 1.38 bits per heavy atom. The number of anilines is 1. The molecule has 0 unspecified atom stereocenters. The molecule has 0 saturated heterocycles. The number of ether oxygens (including phenoxy) is 1. The fourth-order valence-electron chi connectivity index (χ4n) is 2.58. The van der Waals surface area contributed by atoms with Crippen LogP contribution in [0.15, 0.2) is 23.8 Å². The van der Waals surface area contributed by atoms with Gasteiger partial charge in [-0.25, -0.2) is 4.98 Å². The van der Waals surface area contributed by atoms with Gasteiger partial charge < -0.3 is 15.0 Å². The molecule has 1 aliphatic heterocycles. The van der Waals surface area contributed by atoms with Gasteiger partial charge in [-0.05, 0) is 43.5 Å². The zero-order chi connectivity index (χ0) is 15.1. The lowest BCUT2D eigenvalue weighted by Gasteiger charge is -2.27. The lowest BCUT2D eigenvalue weighted by Crippen LogP contribution is -2.30. The molecule has 0 saturated carbocycles. The van der Waals surface area contributed by atoms with E-state index in [1.54, 1.807) is 7.11 Å². The molecule has 0 radical (unpaired) electrons. The predicted octanol–water partition coefficient (Wildman–Crippen LogP) is 2.67. The van der Waals surface area contributed by atoms with E-state index in [2.05, 4.69) is 42.3 Å². The second kappa shape index (κ2) is 8.15. The molecule has 0 aliphatic carbocycles. The Labute approximate surface area is 128 Å². The van der Waals surface area contributed by atoms with Crippen LogP contribution in [0.1, 0.15) is 31.0 Å². The minimum atomic E-state index is 0.752. The molecule has 0 spiro atoms. The molecular weight excluding hydrogens is 262 g/mol. The highest BCUT2D eigenvalue weighted by molar-refractivity contribution is 5.44. The van der Waals surface area contributed by atoms with Crippen LogP contribution in [0.3, 0.4) is 0 Å². The third-order valence-electron chi connectivity index (χ3n) is 3.88. The van der Waals surface area contributed by atoms with Gasteiger partial charge in [0, 0.05) is 32.4 Å². The van der Waals surface area contributed by atoms with Crippen LogP contribution in [0, 0.1) is 6.92 Å². The number of aryl methyl sites for hydroxylation is 1. The van der Waals surface area contributed by atoms with Crippen LogP contribution in [-0.4, -0.2) is 38.3 Å². The maximum atomic E-state index is 5.19. The molecular formula is C17H27N3O. The van der Waals surface area contributed by atoms with Crippen LogP contribution in [0.25, 0.3) is 0 Å². The molecule has 1 N–H and O–H groups in total. The first kappa shape index (κ1) is 16.0. The molecule has 1 aliphatic rings. The molecule has 0 aromatic carbocycles. The van der Waals surface area contributed by atoms with Crippen LogP contribution < -0.4 is 10.2 Å². The normalized spacial score (nSPS) is 15.2. The standard InChI is InChI=1S/C17H27N3O/c1-4-9-18-12-16-5-6-17(19-14(16)2)20-10-7-15(8-11-20)13-21-3/h5-7,18H,4,8-13H2,1-3H3. The van der Waals surface area contributed by atoms with Gasteiger partial charge in [-0.1, -0.05) is 19.1 Å². The first-order chi connectivity index (χ1) is 10.2. The number of hydrogen-bond acceptors (Lipinski definition) is 4. The summed E-state index contributed by atoms with van der Waals surface area (Å²) in [7, 11) is 1.75.